The van der Waals surface area contributed by atoms with Crippen LogP contribution in [0.1, 0.15) is 51.4 Å². The molecule has 13 heteroatoms. The lowest BCUT2D eigenvalue weighted by Gasteiger charge is -2.51. The zero-order valence-corrected chi connectivity index (χ0v) is 20.4. The van der Waals surface area contributed by atoms with E-state index in [4.69, 9.17) is 24.1 Å². The van der Waals surface area contributed by atoms with E-state index in [0.717, 1.165) is 0 Å². The van der Waals surface area contributed by atoms with Gasteiger partial charge in [0.05, 0.1) is 36.6 Å². The van der Waals surface area contributed by atoms with Crippen molar-refractivity contribution in [3.8, 4) is 0 Å². The predicted octanol–water partition coefficient (Wildman–Crippen LogP) is -1.96. The molecule has 2 aliphatic heterocycles. The first-order valence-corrected chi connectivity index (χ1v) is 13.0. The molecule has 0 amide bonds. The maximum atomic E-state index is 11.6. The van der Waals surface area contributed by atoms with Gasteiger partial charge in [0.15, 0.2) is 6.29 Å². The molecule has 6 unspecified atom stereocenters. The second kappa shape index (κ2) is 12.2. The molecule has 212 valence electrons. The van der Waals surface area contributed by atoms with Crippen molar-refractivity contribution in [1.82, 2.24) is 0 Å². The van der Waals surface area contributed by atoms with E-state index in [0.29, 0.717) is 38.5 Å². The number of hydrogen-bond donors (Lipinski definition) is 7. The van der Waals surface area contributed by atoms with Crippen molar-refractivity contribution in [3.63, 3.8) is 0 Å². The van der Waals surface area contributed by atoms with Gasteiger partial charge in [-0.05, 0) is 50.9 Å². The van der Waals surface area contributed by atoms with Crippen molar-refractivity contribution in [2.24, 2.45) is 11.8 Å². The van der Waals surface area contributed by atoms with Crippen molar-refractivity contribution >= 4 is 11.9 Å². The molecule has 37 heavy (non-hydrogen) atoms. The number of aliphatic hydroxyl groups is 6. The first-order valence-electron chi connectivity index (χ1n) is 13.0. The molecule has 0 aromatic carbocycles. The molecule has 2 heterocycles. The van der Waals surface area contributed by atoms with Crippen LogP contribution in [0.5, 0.6) is 0 Å². The quantitative estimate of drug-likeness (QED) is 0.140. The number of aliphatic hydroxyl groups excluding tert-OH is 6. The molecule has 0 spiro atoms. The summed E-state index contributed by atoms with van der Waals surface area (Å²) in [6, 6.07) is 0. The van der Waals surface area contributed by atoms with Gasteiger partial charge < -0.3 is 54.7 Å². The Bertz CT molecular complexity index is 787. The van der Waals surface area contributed by atoms with Gasteiger partial charge in [0, 0.05) is 5.92 Å². The summed E-state index contributed by atoms with van der Waals surface area (Å²) in [5, 5.41) is 70.8. The zero-order chi connectivity index (χ0) is 26.9. The molecule has 2 aliphatic carbocycles. The molecule has 2 saturated heterocycles. The number of fused-ring (bicyclic) bond motifs is 1. The maximum Gasteiger partial charge on any atom is 0.317 e. The average molecular weight is 535 g/mol. The Morgan fingerprint density at radius 2 is 1.51 bits per heavy atom. The lowest BCUT2D eigenvalue weighted by Crippen LogP contribution is -2.62. The third kappa shape index (κ3) is 6.78. The van der Waals surface area contributed by atoms with Gasteiger partial charge in [-0.1, -0.05) is 0 Å². The van der Waals surface area contributed by atoms with Gasteiger partial charge in [0.1, 0.15) is 37.4 Å². The van der Waals surface area contributed by atoms with Crippen LogP contribution in [0.4, 0.5) is 0 Å². The van der Waals surface area contributed by atoms with Crippen LogP contribution in [0.15, 0.2) is 0 Å². The van der Waals surface area contributed by atoms with Crippen molar-refractivity contribution in [1.29, 1.82) is 0 Å². The monoisotopic (exact) mass is 534 g/mol. The molecule has 7 N–H and O–H groups in total. The lowest BCUT2D eigenvalue weighted by molar-refractivity contribution is -0.333. The molecule has 0 bridgehead atoms. The third-order valence-corrected chi connectivity index (χ3v) is 8.08. The SMILES string of the molecule is O=C(O)CC(=O)OC[C@@H]1O[C@H](OC2CC3C(O)CC(O)CC3OC2C2CCC(O)CC2)[C@@H](O)[C@H](O)[C@H]1O. The van der Waals surface area contributed by atoms with E-state index in [1.807, 2.05) is 0 Å². The summed E-state index contributed by atoms with van der Waals surface area (Å²) in [7, 11) is 0. The van der Waals surface area contributed by atoms with Crippen LogP contribution >= 0.6 is 0 Å². The Morgan fingerprint density at radius 3 is 2.19 bits per heavy atom. The van der Waals surface area contributed by atoms with Gasteiger partial charge >= 0.3 is 11.9 Å². The lowest BCUT2D eigenvalue weighted by atomic mass is 9.73. The van der Waals surface area contributed by atoms with Gasteiger partial charge in [-0.3, -0.25) is 9.59 Å². The zero-order valence-electron chi connectivity index (χ0n) is 20.4. The predicted molar refractivity (Wildman–Crippen MR) is 121 cm³/mol. The fourth-order valence-corrected chi connectivity index (χ4v) is 6.06. The Balaban J connectivity index is 1.47. The van der Waals surface area contributed by atoms with Crippen LogP contribution < -0.4 is 0 Å². The molecule has 0 aromatic rings. The van der Waals surface area contributed by atoms with Crippen LogP contribution in [-0.2, 0) is 28.5 Å². The van der Waals surface area contributed by atoms with E-state index < -0.39 is 86.2 Å². The van der Waals surface area contributed by atoms with Gasteiger partial charge in [0.2, 0.25) is 0 Å². The summed E-state index contributed by atoms with van der Waals surface area (Å²) >= 11 is 0. The number of rotatable bonds is 7. The molecule has 13 nitrogen and oxygen atoms in total. The van der Waals surface area contributed by atoms with Crippen LogP contribution in [0.2, 0.25) is 0 Å². The number of ether oxygens (including phenoxy) is 4. The minimum absolute atomic E-state index is 0.00887. The van der Waals surface area contributed by atoms with Crippen LogP contribution in [0, 0.1) is 11.8 Å². The Hall–Kier alpha value is -1.42. The van der Waals surface area contributed by atoms with Gasteiger partial charge in [-0.25, -0.2) is 0 Å². The molecule has 4 rings (SSSR count). The Labute approximate surface area is 213 Å². The fraction of sp³-hybridized carbons (Fsp3) is 0.917. The van der Waals surface area contributed by atoms with Crippen LogP contribution in [0.25, 0.3) is 0 Å². The van der Waals surface area contributed by atoms with Gasteiger partial charge in [-0.2, -0.15) is 0 Å². The molecular formula is C24H38O13. The summed E-state index contributed by atoms with van der Waals surface area (Å²) in [5.74, 6) is -2.76. The summed E-state index contributed by atoms with van der Waals surface area (Å²) in [4.78, 5) is 22.3. The molecule has 2 saturated carbocycles. The van der Waals surface area contributed by atoms with Crippen molar-refractivity contribution in [2.45, 2.75) is 119 Å². The highest BCUT2D eigenvalue weighted by Crippen LogP contribution is 2.43. The topological polar surface area (TPSA) is 213 Å². The number of esters is 1. The second-order valence-electron chi connectivity index (χ2n) is 10.7. The summed E-state index contributed by atoms with van der Waals surface area (Å²) in [6.45, 7) is -0.566. The van der Waals surface area contributed by atoms with Crippen molar-refractivity contribution < 1.29 is 64.3 Å². The highest BCUT2D eigenvalue weighted by atomic mass is 16.7. The first-order chi connectivity index (χ1) is 17.5. The largest absolute Gasteiger partial charge is 0.481 e. The standard InChI is InChI=1S/C24H38O13/c25-11-3-1-10(2-4-11)23-16(7-13-14(27)5-12(26)6-15(13)35-23)36-24-22(33)21(32)20(31)17(37-24)9-34-19(30)8-18(28)29/h10-17,20-27,31-33H,1-9H2,(H,28,29)/t10?,11?,12?,13?,14?,15?,16?,17-,20-,21+,22-,23?,24-/m0/s1. The number of carboxylic acid groups (broad SMARTS) is 1. The van der Waals surface area contributed by atoms with Gasteiger partial charge in [-0.15, -0.1) is 0 Å². The fourth-order valence-electron chi connectivity index (χ4n) is 6.06. The van der Waals surface area contributed by atoms with E-state index in [-0.39, 0.29) is 24.4 Å². The number of hydrogen-bond acceptors (Lipinski definition) is 12. The average Bonchev–Trinajstić information content (AvgIpc) is 2.83. The first kappa shape index (κ1) is 28.6. The second-order valence-corrected chi connectivity index (χ2v) is 10.7. The molecule has 4 aliphatic rings. The molecular weight excluding hydrogens is 496 g/mol. The van der Waals surface area contributed by atoms with E-state index in [1.165, 1.54) is 0 Å². The molecule has 0 radical (unpaired) electrons. The highest BCUT2D eigenvalue weighted by molar-refractivity contribution is 5.90. The normalized spacial score (nSPS) is 46.6. The van der Waals surface area contributed by atoms with E-state index in [1.54, 1.807) is 0 Å². The van der Waals surface area contributed by atoms with E-state index in [2.05, 4.69) is 0 Å². The van der Waals surface area contributed by atoms with Crippen LogP contribution in [-0.4, -0.2) is 122 Å². The Kier molecular flexibility index (Phi) is 9.41. The van der Waals surface area contributed by atoms with E-state index in [9.17, 15) is 40.2 Å². The smallest absolute Gasteiger partial charge is 0.317 e. The number of aliphatic carboxylic acids is 1. The van der Waals surface area contributed by atoms with Crippen molar-refractivity contribution in [2.75, 3.05) is 6.61 Å². The minimum atomic E-state index is -1.70. The third-order valence-electron chi connectivity index (χ3n) is 8.08. The van der Waals surface area contributed by atoms with Crippen molar-refractivity contribution in [3.05, 3.63) is 0 Å². The summed E-state index contributed by atoms with van der Waals surface area (Å²) in [6.07, 6.45) is -8.60. The number of carbonyl (C=O) groups excluding carboxylic acids is 1. The minimum Gasteiger partial charge on any atom is -0.481 e. The number of carboxylic acids is 1. The Morgan fingerprint density at radius 1 is 0.811 bits per heavy atom. The highest BCUT2D eigenvalue weighted by Gasteiger charge is 2.51. The maximum absolute atomic E-state index is 11.6. The summed E-state index contributed by atoms with van der Waals surface area (Å²) in [5.41, 5.74) is 0. The molecule has 4 fully saturated rings. The molecule has 11 atom stereocenters. The van der Waals surface area contributed by atoms with Crippen LogP contribution in [0.3, 0.4) is 0 Å². The summed E-state index contributed by atoms with van der Waals surface area (Å²) < 4.78 is 23.0. The number of carbonyl (C=O) groups is 2. The molecule has 0 aromatic heterocycles. The van der Waals surface area contributed by atoms with Gasteiger partial charge in [0.25, 0.3) is 0 Å². The van der Waals surface area contributed by atoms with E-state index >= 15 is 0 Å².